The summed E-state index contributed by atoms with van der Waals surface area (Å²) in [6, 6.07) is 46.0. The molecular weight excluding hydrogens is 700 g/mol. The normalized spacial score (nSPS) is 12.5. The van der Waals surface area contributed by atoms with Crippen molar-refractivity contribution >= 4 is 43.6 Å². The molecule has 0 bridgehead atoms. The molecule has 0 aliphatic rings. The van der Waals surface area contributed by atoms with E-state index in [9.17, 15) is 4.39 Å². The van der Waals surface area contributed by atoms with Gasteiger partial charge in [0, 0.05) is 32.9 Å². The molecule has 8 aromatic rings. The highest BCUT2D eigenvalue weighted by Gasteiger charge is 2.16. The van der Waals surface area contributed by atoms with Crippen molar-refractivity contribution in [2.45, 2.75) is 13.3 Å². The van der Waals surface area contributed by atoms with Crippen LogP contribution in [-0.2, 0) is 6.42 Å². The fourth-order valence-electron chi connectivity index (χ4n) is 7.15. The summed E-state index contributed by atoms with van der Waals surface area (Å²) < 4.78 is 19.1. The van der Waals surface area contributed by atoms with E-state index in [4.69, 9.17) is 11.5 Å². The molecule has 6 aromatic carbocycles. The maximum Gasteiger partial charge on any atom is 0.123 e. The van der Waals surface area contributed by atoms with Crippen molar-refractivity contribution in [1.82, 2.24) is 9.13 Å². The van der Waals surface area contributed by atoms with E-state index in [-0.39, 0.29) is 5.82 Å². The highest BCUT2D eigenvalue weighted by atomic mass is 19.1. The Kier molecular flexibility index (Phi) is 12.2. The second-order valence-corrected chi connectivity index (χ2v) is 13.4. The van der Waals surface area contributed by atoms with Crippen molar-refractivity contribution < 1.29 is 4.39 Å². The van der Waals surface area contributed by atoms with Crippen LogP contribution >= 0.6 is 0 Å². The smallest absolute Gasteiger partial charge is 0.123 e. The minimum atomic E-state index is -0.235. The number of rotatable bonds is 10. The average molecular weight is 745 g/mol. The van der Waals surface area contributed by atoms with E-state index in [2.05, 4.69) is 118 Å². The molecule has 0 fully saturated rings. The van der Waals surface area contributed by atoms with E-state index < -0.39 is 0 Å². The van der Waals surface area contributed by atoms with Crippen LogP contribution in [0.4, 0.5) is 4.39 Å². The molecule has 8 rings (SSSR count). The van der Waals surface area contributed by atoms with E-state index in [1.165, 1.54) is 40.3 Å². The molecule has 0 saturated carbocycles. The third-order valence-electron chi connectivity index (χ3n) is 9.74. The van der Waals surface area contributed by atoms with Gasteiger partial charge in [-0.3, -0.25) is 0 Å². The number of halogens is 1. The first-order valence-corrected chi connectivity index (χ1v) is 19.1. The lowest BCUT2D eigenvalue weighted by Gasteiger charge is -2.10. The van der Waals surface area contributed by atoms with Crippen LogP contribution in [0.15, 0.2) is 219 Å². The van der Waals surface area contributed by atoms with E-state index in [1.807, 2.05) is 79.8 Å². The van der Waals surface area contributed by atoms with E-state index in [0.29, 0.717) is 0 Å². The third-order valence-corrected chi connectivity index (χ3v) is 9.74. The number of aromatic nitrogens is 2. The zero-order valence-corrected chi connectivity index (χ0v) is 31.9. The first kappa shape index (κ1) is 37.9. The maximum absolute atomic E-state index is 14.6. The molecule has 0 aliphatic heterocycles. The second kappa shape index (κ2) is 18.3. The van der Waals surface area contributed by atoms with Gasteiger partial charge >= 0.3 is 0 Å². The summed E-state index contributed by atoms with van der Waals surface area (Å²) in [4.78, 5) is 0. The molecular formula is C52H45FN4. The van der Waals surface area contributed by atoms with Crippen LogP contribution in [0.5, 0.6) is 0 Å². The lowest BCUT2D eigenvalue weighted by atomic mass is 10.0. The summed E-state index contributed by atoms with van der Waals surface area (Å²) in [6.45, 7) is 1.97. The summed E-state index contributed by atoms with van der Waals surface area (Å²) in [5, 5.41) is 4.33. The van der Waals surface area contributed by atoms with E-state index in [0.717, 1.165) is 56.2 Å². The lowest BCUT2D eigenvalue weighted by molar-refractivity contribution is 0.629. The van der Waals surface area contributed by atoms with E-state index in [1.54, 1.807) is 18.2 Å². The predicted octanol–water partition coefficient (Wildman–Crippen LogP) is 13.0. The van der Waals surface area contributed by atoms with Crippen LogP contribution in [0.25, 0.3) is 66.1 Å². The van der Waals surface area contributed by atoms with Crippen LogP contribution in [0, 0.1) is 5.82 Å². The molecule has 0 spiro atoms. The van der Waals surface area contributed by atoms with Gasteiger partial charge in [-0.2, -0.15) is 0 Å². The standard InChI is InChI=1S/C45H34FN3.C7H11N/c46-35-22-27-45-41(31-35)40-30-34(21-26-44(40)48(45)36-14-8-6-9-15-36)33-20-25-43-39(29-33)38-16-10-11-17-42(38)49(43)37-23-18-32(19-24-37)13-7-4-2-1-3-5-12-28-47;1-2-3-4-5-6-7-8/h1-12,14-31H,13,47H2;2-7H,8H2,1H3/b2-1+,5-3-,7-4+,28-12-;3-2+,5-4-,7-6-. The van der Waals surface area contributed by atoms with Crippen molar-refractivity contribution in [3.05, 3.63) is 230 Å². The maximum atomic E-state index is 14.6. The molecule has 0 unspecified atom stereocenters. The Bertz CT molecular complexity index is 2830. The Morgan fingerprint density at radius 1 is 0.456 bits per heavy atom. The van der Waals surface area contributed by atoms with Gasteiger partial charge in [0.25, 0.3) is 0 Å². The SMILES string of the molecule is C/C=C/C=C\C=C/N.N\C=C/C=C\C=C\C=C\Cc1ccc(-n2c3ccccc3c3cc(-c4ccc5c(c4)c4cc(F)ccc4n5-c4ccccc4)ccc32)cc1. The Morgan fingerprint density at radius 3 is 1.58 bits per heavy atom. The number of para-hydroxylation sites is 2. The Balaban J connectivity index is 0.000000562. The van der Waals surface area contributed by atoms with Crippen molar-refractivity contribution in [3.8, 4) is 22.5 Å². The Hall–Kier alpha value is -7.37. The molecule has 2 heterocycles. The zero-order valence-electron chi connectivity index (χ0n) is 31.9. The average Bonchev–Trinajstić information content (AvgIpc) is 3.76. The number of allylic oxidation sites excluding steroid dienone is 12. The molecule has 0 saturated heterocycles. The first-order chi connectivity index (χ1) is 28.1. The number of hydrogen-bond donors (Lipinski definition) is 2. The monoisotopic (exact) mass is 744 g/mol. The van der Waals surface area contributed by atoms with Gasteiger partial charge in [0.15, 0.2) is 0 Å². The lowest BCUT2D eigenvalue weighted by Crippen LogP contribution is -1.94. The Labute approximate surface area is 333 Å². The molecule has 2 aromatic heterocycles. The van der Waals surface area contributed by atoms with Crippen LogP contribution < -0.4 is 11.5 Å². The van der Waals surface area contributed by atoms with Gasteiger partial charge in [0.05, 0.1) is 22.1 Å². The third kappa shape index (κ3) is 8.49. The highest BCUT2D eigenvalue weighted by molar-refractivity contribution is 6.12. The van der Waals surface area contributed by atoms with Crippen molar-refractivity contribution in [2.75, 3.05) is 0 Å². The summed E-state index contributed by atoms with van der Waals surface area (Å²) in [7, 11) is 0. The molecule has 57 heavy (non-hydrogen) atoms. The number of nitrogens with two attached hydrogens (primary N) is 2. The molecule has 0 radical (unpaired) electrons. The topological polar surface area (TPSA) is 61.9 Å². The number of fused-ring (bicyclic) bond motifs is 6. The van der Waals surface area contributed by atoms with Crippen LogP contribution in [0.2, 0.25) is 0 Å². The summed E-state index contributed by atoms with van der Waals surface area (Å²) in [5.41, 5.74) is 20.4. The minimum Gasteiger partial charge on any atom is -0.405 e. The van der Waals surface area contributed by atoms with Gasteiger partial charge in [-0.1, -0.05) is 121 Å². The van der Waals surface area contributed by atoms with Crippen LogP contribution in [0.1, 0.15) is 12.5 Å². The largest absolute Gasteiger partial charge is 0.405 e. The first-order valence-electron chi connectivity index (χ1n) is 19.1. The number of benzene rings is 6. The quantitative estimate of drug-likeness (QED) is 0.137. The molecule has 0 amide bonds. The number of hydrogen-bond acceptors (Lipinski definition) is 2. The van der Waals surface area contributed by atoms with Crippen molar-refractivity contribution in [2.24, 2.45) is 11.5 Å². The van der Waals surface area contributed by atoms with Crippen LogP contribution in [0.3, 0.4) is 0 Å². The molecule has 4 nitrogen and oxygen atoms in total. The van der Waals surface area contributed by atoms with Gasteiger partial charge in [0.2, 0.25) is 0 Å². The van der Waals surface area contributed by atoms with Gasteiger partial charge < -0.3 is 20.6 Å². The van der Waals surface area contributed by atoms with Gasteiger partial charge in [-0.05, 0) is 127 Å². The summed E-state index contributed by atoms with van der Waals surface area (Å²) in [5.74, 6) is -0.235. The van der Waals surface area contributed by atoms with Crippen LogP contribution in [-0.4, -0.2) is 9.13 Å². The molecule has 5 heteroatoms. The van der Waals surface area contributed by atoms with Crippen molar-refractivity contribution in [3.63, 3.8) is 0 Å². The van der Waals surface area contributed by atoms with Gasteiger partial charge in [-0.15, -0.1) is 0 Å². The van der Waals surface area contributed by atoms with Gasteiger partial charge in [-0.25, -0.2) is 4.39 Å². The van der Waals surface area contributed by atoms with Crippen molar-refractivity contribution in [1.29, 1.82) is 0 Å². The molecule has 0 aliphatic carbocycles. The molecule has 4 N–H and O–H groups in total. The fraction of sp³-hybridized carbons (Fsp3) is 0.0385. The Morgan fingerprint density at radius 2 is 0.947 bits per heavy atom. The fourth-order valence-corrected chi connectivity index (χ4v) is 7.15. The van der Waals surface area contributed by atoms with Gasteiger partial charge in [0.1, 0.15) is 5.82 Å². The van der Waals surface area contributed by atoms with E-state index >= 15 is 0 Å². The molecule has 0 atom stereocenters. The number of nitrogens with zero attached hydrogens (tertiary/aromatic N) is 2. The second-order valence-electron chi connectivity index (χ2n) is 13.4. The summed E-state index contributed by atoms with van der Waals surface area (Å²) >= 11 is 0. The minimum absolute atomic E-state index is 0.235. The summed E-state index contributed by atoms with van der Waals surface area (Å²) in [6.07, 6.45) is 27.2. The zero-order chi connectivity index (χ0) is 39.4. The molecule has 280 valence electrons. The predicted molar refractivity (Wildman–Crippen MR) is 242 cm³/mol. The highest BCUT2D eigenvalue weighted by Crippen LogP contribution is 2.38.